The number of hydrogen-bond acceptors (Lipinski definition) is 7. The molecule has 0 aromatic carbocycles. The van der Waals surface area contributed by atoms with Gasteiger partial charge in [-0.1, -0.05) is 0 Å². The second-order valence-electron chi connectivity index (χ2n) is 4.68. The Bertz CT molecular complexity index is 491. The summed E-state index contributed by atoms with van der Waals surface area (Å²) in [5.74, 6) is 2.87. The number of nitrogens with one attached hydrogen (secondary N) is 2. The van der Waals surface area contributed by atoms with Crippen LogP contribution >= 0.6 is 11.8 Å². The molecule has 20 heavy (non-hydrogen) atoms. The number of anilines is 2. The maximum absolute atomic E-state index is 11.2. The molecule has 1 unspecified atom stereocenters. The number of thioether (sulfide) groups is 1. The largest absolute Gasteiger partial charge is 0.361 e. The number of nitro groups is 1. The van der Waals surface area contributed by atoms with E-state index >= 15 is 0 Å². The van der Waals surface area contributed by atoms with Crippen molar-refractivity contribution in [1.82, 2.24) is 9.97 Å². The zero-order chi connectivity index (χ0) is 14.5. The molecule has 1 atom stereocenters. The normalized spacial score (nSPS) is 18.6. The Morgan fingerprint density at radius 1 is 1.50 bits per heavy atom. The number of hydrogen-bond donors (Lipinski definition) is 2. The molecular weight excluding hydrogens is 278 g/mol. The predicted octanol–water partition coefficient (Wildman–Crippen LogP) is 2.43. The highest BCUT2D eigenvalue weighted by atomic mass is 32.2. The second kappa shape index (κ2) is 6.74. The minimum atomic E-state index is -0.413. The number of nitrogens with zero attached hydrogens (tertiary/aromatic N) is 3. The smallest absolute Gasteiger partial charge is 0.332 e. The van der Waals surface area contributed by atoms with Crippen LogP contribution in [0.1, 0.15) is 25.5 Å². The van der Waals surface area contributed by atoms with Crippen molar-refractivity contribution in [2.45, 2.75) is 32.7 Å². The highest BCUT2D eigenvalue weighted by Gasteiger charge is 2.24. The lowest BCUT2D eigenvalue weighted by atomic mass is 10.2. The molecule has 1 fully saturated rings. The molecule has 0 radical (unpaired) electrons. The molecule has 110 valence electrons. The van der Waals surface area contributed by atoms with E-state index in [-0.39, 0.29) is 11.7 Å². The molecule has 2 N–H and O–H groups in total. The maximum atomic E-state index is 11.2. The molecule has 8 heteroatoms. The molecule has 0 saturated carbocycles. The van der Waals surface area contributed by atoms with Crippen molar-refractivity contribution >= 4 is 29.2 Å². The first-order valence-electron chi connectivity index (χ1n) is 6.73. The Morgan fingerprint density at radius 3 is 2.90 bits per heavy atom. The topological polar surface area (TPSA) is 93.0 Å². The molecule has 7 nitrogen and oxygen atoms in total. The van der Waals surface area contributed by atoms with Gasteiger partial charge in [-0.25, -0.2) is 4.98 Å². The van der Waals surface area contributed by atoms with Crippen molar-refractivity contribution in [2.24, 2.45) is 0 Å². The van der Waals surface area contributed by atoms with Gasteiger partial charge in [-0.3, -0.25) is 10.1 Å². The van der Waals surface area contributed by atoms with Crippen LogP contribution in [-0.2, 0) is 0 Å². The molecule has 0 bridgehead atoms. The summed E-state index contributed by atoms with van der Waals surface area (Å²) >= 11 is 1.86. The molecule has 2 rings (SSSR count). The third-order valence-corrected chi connectivity index (χ3v) is 4.29. The van der Waals surface area contributed by atoms with Gasteiger partial charge in [0.1, 0.15) is 5.69 Å². The van der Waals surface area contributed by atoms with Crippen LogP contribution in [0.4, 0.5) is 17.5 Å². The van der Waals surface area contributed by atoms with E-state index in [9.17, 15) is 10.1 Å². The van der Waals surface area contributed by atoms with E-state index < -0.39 is 4.92 Å². The van der Waals surface area contributed by atoms with Crippen LogP contribution in [0.5, 0.6) is 0 Å². The van der Waals surface area contributed by atoms with Gasteiger partial charge < -0.3 is 10.6 Å². The van der Waals surface area contributed by atoms with E-state index in [0.29, 0.717) is 24.0 Å². The monoisotopic (exact) mass is 297 g/mol. The van der Waals surface area contributed by atoms with E-state index in [1.165, 1.54) is 0 Å². The van der Waals surface area contributed by atoms with Crippen molar-refractivity contribution in [2.75, 3.05) is 28.7 Å². The fourth-order valence-electron chi connectivity index (χ4n) is 2.17. The van der Waals surface area contributed by atoms with Gasteiger partial charge in [0.05, 0.1) is 4.92 Å². The van der Waals surface area contributed by atoms with Crippen LogP contribution in [0.15, 0.2) is 0 Å². The molecule has 0 amide bonds. The predicted molar refractivity (Wildman–Crippen MR) is 81.6 cm³/mol. The molecule has 1 aliphatic rings. The Morgan fingerprint density at radius 2 is 2.30 bits per heavy atom. The minimum absolute atomic E-state index is 0.0257. The molecule has 1 aromatic heterocycles. The van der Waals surface area contributed by atoms with E-state index in [1.54, 1.807) is 6.92 Å². The van der Waals surface area contributed by atoms with Crippen molar-refractivity contribution in [3.05, 3.63) is 15.8 Å². The van der Waals surface area contributed by atoms with E-state index in [2.05, 4.69) is 20.6 Å². The molecule has 0 spiro atoms. The van der Waals surface area contributed by atoms with Gasteiger partial charge in [-0.15, -0.1) is 0 Å². The number of rotatable bonds is 5. The average Bonchev–Trinajstić information content (AvgIpc) is 2.39. The molecule has 1 aliphatic heterocycles. The van der Waals surface area contributed by atoms with Gasteiger partial charge in [-0.05, 0) is 32.4 Å². The average molecular weight is 297 g/mol. The van der Waals surface area contributed by atoms with Crippen LogP contribution in [0, 0.1) is 17.0 Å². The fourth-order valence-corrected chi connectivity index (χ4v) is 3.24. The first kappa shape index (κ1) is 14.8. The first-order chi connectivity index (χ1) is 9.61. The summed E-state index contributed by atoms with van der Waals surface area (Å²) in [4.78, 5) is 19.2. The molecular formula is C12H19N5O2S. The Balaban J connectivity index is 2.28. The van der Waals surface area contributed by atoms with Crippen molar-refractivity contribution < 1.29 is 4.92 Å². The maximum Gasteiger partial charge on any atom is 0.332 e. The lowest BCUT2D eigenvalue weighted by Gasteiger charge is -2.23. The third kappa shape index (κ3) is 3.50. The SMILES string of the molecule is CCNc1nc(C)c([N+](=O)[O-])c(NC2CCCSC2)n1. The molecule has 1 saturated heterocycles. The van der Waals surface area contributed by atoms with Crippen LogP contribution in [0.3, 0.4) is 0 Å². The zero-order valence-electron chi connectivity index (χ0n) is 11.7. The first-order valence-corrected chi connectivity index (χ1v) is 7.88. The van der Waals surface area contributed by atoms with Gasteiger partial charge in [0.2, 0.25) is 11.8 Å². The Labute approximate surface area is 122 Å². The second-order valence-corrected chi connectivity index (χ2v) is 5.83. The third-order valence-electron chi connectivity index (χ3n) is 3.08. The molecule has 2 heterocycles. The summed E-state index contributed by atoms with van der Waals surface area (Å²) in [5, 5.41) is 17.4. The van der Waals surface area contributed by atoms with Gasteiger partial charge in [-0.2, -0.15) is 16.7 Å². The summed E-state index contributed by atoms with van der Waals surface area (Å²) < 4.78 is 0. The summed E-state index contributed by atoms with van der Waals surface area (Å²) in [5.41, 5.74) is 0.356. The van der Waals surface area contributed by atoms with Crippen molar-refractivity contribution in [3.63, 3.8) is 0 Å². The molecule has 0 aliphatic carbocycles. The lowest BCUT2D eigenvalue weighted by molar-refractivity contribution is -0.385. The van der Waals surface area contributed by atoms with E-state index in [0.717, 1.165) is 24.3 Å². The lowest BCUT2D eigenvalue weighted by Crippen LogP contribution is -2.27. The Hall–Kier alpha value is -1.57. The molecule has 1 aromatic rings. The van der Waals surface area contributed by atoms with Gasteiger partial charge in [0.25, 0.3) is 0 Å². The van der Waals surface area contributed by atoms with Crippen LogP contribution in [-0.4, -0.2) is 39.0 Å². The highest BCUT2D eigenvalue weighted by molar-refractivity contribution is 7.99. The quantitative estimate of drug-likeness (QED) is 0.636. The van der Waals surface area contributed by atoms with Crippen LogP contribution in [0.25, 0.3) is 0 Å². The minimum Gasteiger partial charge on any atom is -0.361 e. The van der Waals surface area contributed by atoms with Gasteiger partial charge in [0, 0.05) is 18.3 Å². The van der Waals surface area contributed by atoms with Crippen LogP contribution < -0.4 is 10.6 Å². The Kier molecular flexibility index (Phi) is 4.99. The van der Waals surface area contributed by atoms with Crippen molar-refractivity contribution in [1.29, 1.82) is 0 Å². The standard InChI is InChI=1S/C12H19N5O2S/c1-3-13-12-14-8(2)10(17(18)19)11(16-12)15-9-5-4-6-20-7-9/h9H,3-7H2,1-2H3,(H2,13,14,15,16). The van der Waals surface area contributed by atoms with E-state index in [1.807, 2.05) is 18.7 Å². The van der Waals surface area contributed by atoms with Crippen LogP contribution in [0.2, 0.25) is 0 Å². The summed E-state index contributed by atoms with van der Waals surface area (Å²) in [6.07, 6.45) is 2.14. The number of aryl methyl sites for hydroxylation is 1. The summed E-state index contributed by atoms with van der Waals surface area (Å²) in [7, 11) is 0. The highest BCUT2D eigenvalue weighted by Crippen LogP contribution is 2.29. The van der Waals surface area contributed by atoms with E-state index in [4.69, 9.17) is 0 Å². The summed E-state index contributed by atoms with van der Waals surface area (Å²) in [6.45, 7) is 4.25. The summed E-state index contributed by atoms with van der Waals surface area (Å²) in [6, 6.07) is 0.233. The zero-order valence-corrected chi connectivity index (χ0v) is 12.5. The van der Waals surface area contributed by atoms with Crippen molar-refractivity contribution in [3.8, 4) is 0 Å². The van der Waals surface area contributed by atoms with Gasteiger partial charge in [0.15, 0.2) is 0 Å². The fraction of sp³-hybridized carbons (Fsp3) is 0.667. The number of aromatic nitrogens is 2. The van der Waals surface area contributed by atoms with Gasteiger partial charge >= 0.3 is 5.69 Å².